The van der Waals surface area contributed by atoms with Crippen molar-refractivity contribution in [3.05, 3.63) is 106 Å². The van der Waals surface area contributed by atoms with Crippen LogP contribution in [0.3, 0.4) is 0 Å². The summed E-state index contributed by atoms with van der Waals surface area (Å²) in [6.07, 6.45) is 0.322. The summed E-state index contributed by atoms with van der Waals surface area (Å²) in [5.41, 5.74) is 4.34. The highest BCUT2D eigenvalue weighted by Gasteiger charge is 2.34. The van der Waals surface area contributed by atoms with E-state index in [1.807, 2.05) is 60.7 Å². The average molecular weight is 410 g/mol. The first kappa shape index (κ1) is 18.7. The molecule has 7 heteroatoms. The van der Waals surface area contributed by atoms with Gasteiger partial charge in [-0.3, -0.25) is 14.9 Å². The lowest BCUT2D eigenvalue weighted by Gasteiger charge is -2.24. The monoisotopic (exact) mass is 410 g/mol. The highest BCUT2D eigenvalue weighted by atomic mass is 16.6. The number of fused-ring (bicyclic) bond motifs is 1. The van der Waals surface area contributed by atoms with Crippen molar-refractivity contribution in [2.45, 2.75) is 12.3 Å². The summed E-state index contributed by atoms with van der Waals surface area (Å²) in [6.45, 7) is 0. The third kappa shape index (κ3) is 3.36. The Morgan fingerprint density at radius 1 is 0.935 bits per heavy atom. The number of carbonyl (C=O) groups excluding carboxylic acids is 1. The molecule has 0 radical (unpaired) electrons. The molecule has 1 atom stereocenters. The molecule has 4 aromatic rings. The van der Waals surface area contributed by atoms with E-state index in [0.29, 0.717) is 17.9 Å². The summed E-state index contributed by atoms with van der Waals surface area (Å²) in [5.74, 6) is 0.355. The van der Waals surface area contributed by atoms with Crippen molar-refractivity contribution >= 4 is 17.4 Å². The van der Waals surface area contributed by atoms with Crippen LogP contribution in [0.4, 0.5) is 11.5 Å². The van der Waals surface area contributed by atoms with Gasteiger partial charge in [0.25, 0.3) is 5.69 Å². The summed E-state index contributed by atoms with van der Waals surface area (Å²) in [5, 5.41) is 18.9. The number of nitro groups is 1. The molecular weight excluding hydrogens is 392 g/mol. The number of nitrogens with zero attached hydrogens (tertiary/aromatic N) is 3. The van der Waals surface area contributed by atoms with E-state index in [2.05, 4.69) is 5.32 Å². The molecule has 1 aliphatic rings. The van der Waals surface area contributed by atoms with Crippen molar-refractivity contribution in [1.29, 1.82) is 0 Å². The van der Waals surface area contributed by atoms with Crippen molar-refractivity contribution in [2.75, 3.05) is 5.32 Å². The van der Waals surface area contributed by atoms with Crippen LogP contribution in [0.1, 0.15) is 23.5 Å². The first-order chi connectivity index (χ1) is 15.1. The SMILES string of the molecule is O=C1CC(c2ccccc2)c2c(-c3ccccc3)nn(-c3ccc([N+](=O)[O-])cc3)c2N1. The molecule has 0 fully saturated rings. The van der Waals surface area contributed by atoms with E-state index in [9.17, 15) is 14.9 Å². The number of nitrogens with one attached hydrogen (secondary N) is 1. The summed E-state index contributed by atoms with van der Waals surface area (Å²) in [6, 6.07) is 25.9. The topological polar surface area (TPSA) is 90.1 Å². The van der Waals surface area contributed by atoms with Gasteiger partial charge in [0.2, 0.25) is 5.91 Å². The summed E-state index contributed by atoms with van der Waals surface area (Å²) in [4.78, 5) is 23.2. The zero-order valence-corrected chi connectivity index (χ0v) is 16.4. The summed E-state index contributed by atoms with van der Waals surface area (Å²) < 4.78 is 1.66. The first-order valence-corrected chi connectivity index (χ1v) is 9.90. The van der Waals surface area contributed by atoms with Crippen LogP contribution in [-0.4, -0.2) is 20.6 Å². The highest BCUT2D eigenvalue weighted by molar-refractivity contribution is 5.96. The molecule has 1 amide bonds. The number of benzene rings is 3. The fraction of sp³-hybridized carbons (Fsp3) is 0.0833. The number of non-ortho nitro benzene ring substituents is 1. The summed E-state index contributed by atoms with van der Waals surface area (Å²) >= 11 is 0. The van der Waals surface area contributed by atoms with Gasteiger partial charge in [-0.25, -0.2) is 4.68 Å². The van der Waals surface area contributed by atoms with E-state index >= 15 is 0 Å². The Balaban J connectivity index is 1.74. The van der Waals surface area contributed by atoms with Crippen LogP contribution >= 0.6 is 0 Å². The Kier molecular flexibility index (Phi) is 4.55. The highest BCUT2D eigenvalue weighted by Crippen LogP contribution is 2.43. The van der Waals surface area contributed by atoms with Crippen LogP contribution in [0, 0.1) is 10.1 Å². The van der Waals surface area contributed by atoms with E-state index < -0.39 is 4.92 Å². The maximum Gasteiger partial charge on any atom is 0.269 e. The lowest BCUT2D eigenvalue weighted by Crippen LogP contribution is -2.24. The van der Waals surface area contributed by atoms with Crippen LogP contribution in [0.5, 0.6) is 0 Å². The van der Waals surface area contributed by atoms with E-state index in [1.165, 1.54) is 12.1 Å². The van der Waals surface area contributed by atoms with Gasteiger partial charge in [0.15, 0.2) is 0 Å². The van der Waals surface area contributed by atoms with Gasteiger partial charge < -0.3 is 5.32 Å². The van der Waals surface area contributed by atoms with Gasteiger partial charge >= 0.3 is 0 Å². The zero-order chi connectivity index (χ0) is 21.4. The standard InChI is InChI=1S/C24H18N4O3/c29-21-15-20(16-7-3-1-4-8-16)22-23(17-9-5-2-6-10-17)26-27(24(22)25-21)18-11-13-19(14-12-18)28(30)31/h1-14,20H,15H2,(H,25,29). The second-order valence-corrected chi connectivity index (χ2v) is 7.38. The van der Waals surface area contributed by atoms with Crippen LogP contribution in [0.25, 0.3) is 16.9 Å². The predicted molar refractivity (Wildman–Crippen MR) is 117 cm³/mol. The van der Waals surface area contributed by atoms with Gasteiger partial charge in [-0.2, -0.15) is 5.10 Å². The molecule has 0 saturated carbocycles. The second-order valence-electron chi connectivity index (χ2n) is 7.38. The minimum Gasteiger partial charge on any atom is -0.310 e. The normalized spacial score (nSPS) is 15.2. The van der Waals surface area contributed by atoms with E-state index in [1.54, 1.807) is 16.8 Å². The summed E-state index contributed by atoms with van der Waals surface area (Å²) in [7, 11) is 0. The van der Waals surface area contributed by atoms with Gasteiger partial charge in [-0.15, -0.1) is 0 Å². The largest absolute Gasteiger partial charge is 0.310 e. The number of carbonyl (C=O) groups is 1. The van der Waals surface area contributed by atoms with Gasteiger partial charge in [0.05, 0.1) is 16.3 Å². The lowest BCUT2D eigenvalue weighted by molar-refractivity contribution is -0.384. The van der Waals surface area contributed by atoms with Crippen LogP contribution in [0.2, 0.25) is 0 Å². The minimum absolute atomic E-state index is 0.000691. The molecule has 1 aromatic heterocycles. The molecule has 5 rings (SSSR count). The average Bonchev–Trinajstić information content (AvgIpc) is 3.19. The van der Waals surface area contributed by atoms with E-state index in [-0.39, 0.29) is 17.5 Å². The Labute approximate surface area is 178 Å². The molecule has 0 aliphatic carbocycles. The number of anilines is 1. The van der Waals surface area contributed by atoms with Gasteiger partial charge in [-0.05, 0) is 17.7 Å². The number of aromatic nitrogens is 2. The van der Waals surface area contributed by atoms with Gasteiger partial charge in [0, 0.05) is 35.6 Å². The fourth-order valence-corrected chi connectivity index (χ4v) is 4.03. The number of rotatable bonds is 4. The van der Waals surface area contributed by atoms with Crippen molar-refractivity contribution in [3.63, 3.8) is 0 Å². The molecular formula is C24H18N4O3. The fourth-order valence-electron chi connectivity index (χ4n) is 4.03. The second kappa shape index (κ2) is 7.53. The van der Waals surface area contributed by atoms with Crippen molar-refractivity contribution in [1.82, 2.24) is 9.78 Å². The molecule has 0 bridgehead atoms. The van der Waals surface area contributed by atoms with E-state index in [4.69, 9.17) is 5.10 Å². The molecule has 2 heterocycles. The Bertz CT molecular complexity index is 1270. The number of nitro benzene ring substituents is 1. The first-order valence-electron chi connectivity index (χ1n) is 9.90. The minimum atomic E-state index is -0.440. The van der Waals surface area contributed by atoms with Crippen LogP contribution < -0.4 is 5.32 Å². The van der Waals surface area contributed by atoms with Crippen LogP contribution in [-0.2, 0) is 4.79 Å². The Morgan fingerprint density at radius 3 is 2.23 bits per heavy atom. The predicted octanol–water partition coefficient (Wildman–Crippen LogP) is 4.92. The molecule has 1 unspecified atom stereocenters. The number of hydrogen-bond acceptors (Lipinski definition) is 4. The van der Waals surface area contributed by atoms with Crippen molar-refractivity contribution in [2.24, 2.45) is 0 Å². The van der Waals surface area contributed by atoms with Gasteiger partial charge in [0.1, 0.15) is 5.82 Å². The Hall–Kier alpha value is -4.26. The number of hydrogen-bond donors (Lipinski definition) is 1. The molecule has 0 spiro atoms. The third-order valence-corrected chi connectivity index (χ3v) is 5.47. The smallest absolute Gasteiger partial charge is 0.269 e. The molecule has 0 saturated heterocycles. The molecule has 3 aromatic carbocycles. The van der Waals surface area contributed by atoms with Crippen molar-refractivity contribution < 1.29 is 9.72 Å². The van der Waals surface area contributed by atoms with E-state index in [0.717, 1.165) is 22.4 Å². The molecule has 31 heavy (non-hydrogen) atoms. The zero-order valence-electron chi connectivity index (χ0n) is 16.4. The number of amides is 1. The van der Waals surface area contributed by atoms with Crippen molar-refractivity contribution in [3.8, 4) is 16.9 Å². The van der Waals surface area contributed by atoms with Gasteiger partial charge in [-0.1, -0.05) is 60.7 Å². The third-order valence-electron chi connectivity index (χ3n) is 5.47. The molecule has 152 valence electrons. The maximum atomic E-state index is 12.6. The molecule has 7 nitrogen and oxygen atoms in total. The Morgan fingerprint density at radius 2 is 1.58 bits per heavy atom. The quantitative estimate of drug-likeness (QED) is 0.382. The lowest BCUT2D eigenvalue weighted by atomic mass is 9.84. The maximum absolute atomic E-state index is 12.6. The molecule has 1 aliphatic heterocycles. The van der Waals surface area contributed by atoms with Crippen LogP contribution in [0.15, 0.2) is 84.9 Å². The molecule has 1 N–H and O–H groups in total.